The summed E-state index contributed by atoms with van der Waals surface area (Å²) in [7, 11) is 0. The third-order valence-corrected chi connectivity index (χ3v) is 5.29. The second-order valence-corrected chi connectivity index (χ2v) is 7.34. The third-order valence-electron chi connectivity index (χ3n) is 5.29. The van der Waals surface area contributed by atoms with Crippen molar-refractivity contribution < 1.29 is 4.79 Å². The normalized spacial score (nSPS) is 13.5. The molecule has 5 rings (SSSR count). The molecule has 0 unspecified atom stereocenters. The van der Waals surface area contributed by atoms with E-state index < -0.39 is 0 Å². The van der Waals surface area contributed by atoms with Crippen molar-refractivity contribution in [1.82, 2.24) is 15.0 Å². The summed E-state index contributed by atoms with van der Waals surface area (Å²) in [6, 6.07) is 17.1. The number of benzene rings is 2. The van der Waals surface area contributed by atoms with Crippen LogP contribution in [0.4, 0.5) is 23.1 Å². The first-order valence-corrected chi connectivity index (χ1v) is 10.1. The summed E-state index contributed by atoms with van der Waals surface area (Å²) in [6.45, 7) is 2.01. The predicted octanol–water partition coefficient (Wildman–Crippen LogP) is 4.55. The van der Waals surface area contributed by atoms with Gasteiger partial charge in [-0.1, -0.05) is 18.2 Å². The fourth-order valence-corrected chi connectivity index (χ4v) is 3.71. The first-order valence-electron chi connectivity index (χ1n) is 10.1. The monoisotopic (exact) mass is 398 g/mol. The van der Waals surface area contributed by atoms with Gasteiger partial charge in [-0.2, -0.15) is 4.98 Å². The molecule has 0 radical (unpaired) electrons. The second-order valence-electron chi connectivity index (χ2n) is 7.34. The Morgan fingerprint density at radius 2 is 1.80 bits per heavy atom. The van der Waals surface area contributed by atoms with E-state index in [-0.39, 0.29) is 5.91 Å². The maximum absolute atomic E-state index is 12.6. The Morgan fingerprint density at radius 1 is 1.00 bits per heavy atom. The van der Waals surface area contributed by atoms with Crippen LogP contribution in [-0.2, 0) is 0 Å². The fraction of sp³-hybridized carbons (Fsp3) is 0.174. The van der Waals surface area contributed by atoms with Crippen molar-refractivity contribution in [1.29, 1.82) is 0 Å². The molecule has 1 aliphatic rings. The fourth-order valence-electron chi connectivity index (χ4n) is 3.71. The number of nitrogens with zero attached hydrogens (tertiary/aromatic N) is 3. The van der Waals surface area contributed by atoms with Crippen molar-refractivity contribution in [3.05, 3.63) is 72.6 Å². The number of aromatic nitrogens is 3. The molecule has 0 bridgehead atoms. The van der Waals surface area contributed by atoms with Crippen molar-refractivity contribution in [3.8, 4) is 0 Å². The van der Waals surface area contributed by atoms with Crippen LogP contribution in [0.25, 0.3) is 10.9 Å². The van der Waals surface area contributed by atoms with Crippen LogP contribution in [0.5, 0.6) is 0 Å². The lowest BCUT2D eigenvalue weighted by Crippen LogP contribution is -2.20. The number of amides is 1. The van der Waals surface area contributed by atoms with Crippen molar-refractivity contribution in [2.75, 3.05) is 28.6 Å². The Bertz CT molecular complexity index is 1180. The standard InChI is InChI=1S/C23H22N6O/c30-22(27-20-15-25-19-6-2-1-5-18(19)20)16-7-9-17(10-8-16)26-21-11-12-24-23(28-21)29-13-3-4-14-29/h1-2,5-12,15,25H,3-4,13-14H2,(H,27,30)(H,24,26,28). The largest absolute Gasteiger partial charge is 0.359 e. The van der Waals surface area contributed by atoms with Crippen LogP contribution < -0.4 is 15.5 Å². The van der Waals surface area contributed by atoms with E-state index in [4.69, 9.17) is 0 Å². The molecule has 0 atom stereocenters. The van der Waals surface area contributed by atoms with Gasteiger partial charge in [0, 0.05) is 47.6 Å². The van der Waals surface area contributed by atoms with E-state index in [1.54, 1.807) is 18.3 Å². The number of hydrogen-bond donors (Lipinski definition) is 3. The highest BCUT2D eigenvalue weighted by molar-refractivity contribution is 6.09. The van der Waals surface area contributed by atoms with Gasteiger partial charge in [0.15, 0.2) is 0 Å². The van der Waals surface area contributed by atoms with Crippen molar-refractivity contribution in [2.45, 2.75) is 12.8 Å². The van der Waals surface area contributed by atoms with E-state index >= 15 is 0 Å². The van der Waals surface area contributed by atoms with Crippen LogP contribution in [-0.4, -0.2) is 33.9 Å². The minimum atomic E-state index is -0.148. The summed E-state index contributed by atoms with van der Waals surface area (Å²) in [4.78, 5) is 27.0. The molecule has 1 fully saturated rings. The molecule has 2 aromatic carbocycles. The molecule has 0 aliphatic carbocycles. The van der Waals surface area contributed by atoms with Gasteiger partial charge >= 0.3 is 0 Å². The van der Waals surface area contributed by atoms with Gasteiger partial charge in [-0.3, -0.25) is 4.79 Å². The van der Waals surface area contributed by atoms with Crippen molar-refractivity contribution in [3.63, 3.8) is 0 Å². The molecule has 1 aliphatic heterocycles. The molecule has 1 saturated heterocycles. The maximum Gasteiger partial charge on any atom is 0.255 e. The summed E-state index contributed by atoms with van der Waals surface area (Å²) >= 11 is 0. The molecule has 1 amide bonds. The zero-order valence-electron chi connectivity index (χ0n) is 16.4. The molecule has 150 valence electrons. The number of nitrogens with one attached hydrogen (secondary N) is 3. The number of fused-ring (bicyclic) bond motifs is 1. The molecule has 4 aromatic rings. The number of para-hydroxylation sites is 1. The summed E-state index contributed by atoms with van der Waals surface area (Å²) in [5, 5.41) is 7.25. The lowest BCUT2D eigenvalue weighted by atomic mass is 10.2. The number of aromatic amines is 1. The van der Waals surface area contributed by atoms with Crippen LogP contribution in [0.3, 0.4) is 0 Å². The minimum Gasteiger partial charge on any atom is -0.359 e. The summed E-state index contributed by atoms with van der Waals surface area (Å²) in [5.74, 6) is 1.35. The van der Waals surface area contributed by atoms with Gasteiger partial charge in [0.25, 0.3) is 5.91 Å². The summed E-state index contributed by atoms with van der Waals surface area (Å²) < 4.78 is 0. The zero-order valence-corrected chi connectivity index (χ0v) is 16.4. The Labute approximate surface area is 174 Å². The molecule has 0 spiro atoms. The molecular formula is C23H22N6O. The average Bonchev–Trinajstić information content (AvgIpc) is 3.45. The van der Waals surface area contributed by atoms with Crippen LogP contribution in [0.2, 0.25) is 0 Å². The smallest absolute Gasteiger partial charge is 0.255 e. The number of carbonyl (C=O) groups is 1. The topological polar surface area (TPSA) is 85.9 Å². The zero-order chi connectivity index (χ0) is 20.3. The first kappa shape index (κ1) is 18.2. The maximum atomic E-state index is 12.6. The summed E-state index contributed by atoms with van der Waals surface area (Å²) in [5.41, 5.74) is 3.22. The van der Waals surface area contributed by atoms with Crippen molar-refractivity contribution >= 4 is 40.0 Å². The molecular weight excluding hydrogens is 376 g/mol. The van der Waals surface area contributed by atoms with E-state index in [1.807, 2.05) is 48.7 Å². The SMILES string of the molecule is O=C(Nc1c[nH]c2ccccc12)c1ccc(Nc2ccnc(N3CCCC3)n2)cc1. The molecule has 3 heterocycles. The van der Waals surface area contributed by atoms with E-state index in [0.29, 0.717) is 5.56 Å². The van der Waals surface area contributed by atoms with Crippen LogP contribution in [0.1, 0.15) is 23.2 Å². The van der Waals surface area contributed by atoms with Crippen molar-refractivity contribution in [2.24, 2.45) is 0 Å². The van der Waals surface area contributed by atoms with Crippen LogP contribution in [0, 0.1) is 0 Å². The first-order chi connectivity index (χ1) is 14.8. The molecule has 7 heteroatoms. The lowest BCUT2D eigenvalue weighted by molar-refractivity contribution is 0.102. The third kappa shape index (κ3) is 3.69. The number of carbonyl (C=O) groups excluding carboxylic acids is 1. The van der Waals surface area contributed by atoms with Gasteiger partial charge in [-0.15, -0.1) is 0 Å². The van der Waals surface area contributed by atoms with Crippen LogP contribution in [0.15, 0.2) is 67.0 Å². The van der Waals surface area contributed by atoms with E-state index in [9.17, 15) is 4.79 Å². The highest BCUT2D eigenvalue weighted by atomic mass is 16.1. The van der Waals surface area contributed by atoms with Gasteiger partial charge in [0.05, 0.1) is 5.69 Å². The lowest BCUT2D eigenvalue weighted by Gasteiger charge is -2.15. The number of anilines is 4. The van der Waals surface area contributed by atoms with E-state index in [1.165, 1.54) is 12.8 Å². The minimum absolute atomic E-state index is 0.148. The molecule has 0 saturated carbocycles. The predicted molar refractivity (Wildman–Crippen MR) is 119 cm³/mol. The highest BCUT2D eigenvalue weighted by Crippen LogP contribution is 2.24. The van der Waals surface area contributed by atoms with E-state index in [0.717, 1.165) is 47.1 Å². The molecule has 7 nitrogen and oxygen atoms in total. The Morgan fingerprint density at radius 3 is 2.63 bits per heavy atom. The van der Waals surface area contributed by atoms with Gasteiger partial charge < -0.3 is 20.5 Å². The Hall–Kier alpha value is -3.87. The van der Waals surface area contributed by atoms with Gasteiger partial charge in [0.1, 0.15) is 5.82 Å². The molecule has 2 aromatic heterocycles. The quantitative estimate of drug-likeness (QED) is 0.459. The average molecular weight is 398 g/mol. The van der Waals surface area contributed by atoms with Gasteiger partial charge in [-0.05, 0) is 49.2 Å². The number of rotatable bonds is 5. The van der Waals surface area contributed by atoms with Crippen LogP contribution >= 0.6 is 0 Å². The Balaban J connectivity index is 1.27. The van der Waals surface area contributed by atoms with E-state index in [2.05, 4.69) is 30.5 Å². The summed E-state index contributed by atoms with van der Waals surface area (Å²) in [6.07, 6.45) is 5.95. The second kappa shape index (κ2) is 7.87. The van der Waals surface area contributed by atoms with Gasteiger partial charge in [0.2, 0.25) is 5.95 Å². The molecule has 3 N–H and O–H groups in total. The Kier molecular flexibility index (Phi) is 4.77. The number of hydrogen-bond acceptors (Lipinski definition) is 5. The molecule has 30 heavy (non-hydrogen) atoms. The number of H-pyrrole nitrogens is 1. The highest BCUT2D eigenvalue weighted by Gasteiger charge is 2.15. The van der Waals surface area contributed by atoms with Gasteiger partial charge in [-0.25, -0.2) is 4.98 Å².